The Kier molecular flexibility index (Phi) is 4.62. The zero-order chi connectivity index (χ0) is 22.4. The second-order valence-electron chi connectivity index (χ2n) is 8.94. The maximum Gasteiger partial charge on any atom is 0.165 e. The maximum atomic E-state index is 6.56. The summed E-state index contributed by atoms with van der Waals surface area (Å²) in [5, 5.41) is 0. The average Bonchev–Trinajstić information content (AvgIpc) is 3.22. The Balaban J connectivity index is 1.55. The monoisotopic (exact) mass is 434 g/mol. The lowest BCUT2D eigenvalue weighted by molar-refractivity contribution is 0.253. The SMILES string of the molecule is Nc1ncccc1-c1nc2ccc(C3=CCCC=C3)nc2n1-c1ccc(C2(N)CCC2)cc1. The van der Waals surface area contributed by atoms with Crippen LogP contribution in [0, 0.1) is 0 Å². The Morgan fingerprint density at radius 2 is 1.79 bits per heavy atom. The number of allylic oxidation sites excluding steroid dienone is 4. The molecule has 0 saturated heterocycles. The summed E-state index contributed by atoms with van der Waals surface area (Å²) >= 11 is 0. The van der Waals surface area contributed by atoms with E-state index in [1.807, 2.05) is 24.3 Å². The van der Waals surface area contributed by atoms with Gasteiger partial charge in [0.2, 0.25) is 0 Å². The minimum atomic E-state index is -0.197. The average molecular weight is 435 g/mol. The van der Waals surface area contributed by atoms with Gasteiger partial charge in [0, 0.05) is 17.4 Å². The lowest BCUT2D eigenvalue weighted by Crippen LogP contribution is -2.43. The standard InChI is InChI=1S/C27H26N6/c28-24-21(8-4-17-30-24)25-32-23-14-13-22(18-6-2-1-3-7-18)31-26(23)33(25)20-11-9-19(10-12-20)27(29)15-5-16-27/h2,4,6-14,17H,1,3,5,15-16,29H2,(H2,28,30). The quantitative estimate of drug-likeness (QED) is 0.464. The smallest absolute Gasteiger partial charge is 0.165 e. The van der Waals surface area contributed by atoms with Crippen molar-refractivity contribution in [3.05, 3.63) is 84.2 Å². The van der Waals surface area contributed by atoms with Crippen molar-refractivity contribution in [1.82, 2.24) is 19.5 Å². The molecular weight excluding hydrogens is 408 g/mol. The Morgan fingerprint density at radius 3 is 2.48 bits per heavy atom. The van der Waals surface area contributed by atoms with E-state index in [0.29, 0.717) is 5.82 Å². The van der Waals surface area contributed by atoms with Gasteiger partial charge in [0.25, 0.3) is 0 Å². The first-order valence-corrected chi connectivity index (χ1v) is 11.5. The summed E-state index contributed by atoms with van der Waals surface area (Å²) in [7, 11) is 0. The molecule has 0 aliphatic heterocycles. The van der Waals surface area contributed by atoms with Crippen molar-refractivity contribution in [2.24, 2.45) is 5.73 Å². The minimum Gasteiger partial charge on any atom is -0.383 e. The van der Waals surface area contributed by atoms with Crippen LogP contribution in [0.1, 0.15) is 43.4 Å². The molecule has 4 aromatic rings. The zero-order valence-corrected chi connectivity index (χ0v) is 18.4. The second kappa shape index (κ2) is 7.67. The Bertz CT molecular complexity index is 1410. The summed E-state index contributed by atoms with van der Waals surface area (Å²) < 4.78 is 2.08. The van der Waals surface area contributed by atoms with Gasteiger partial charge in [0.05, 0.1) is 11.3 Å². The number of hydrogen-bond donors (Lipinski definition) is 2. The molecule has 0 bridgehead atoms. The molecule has 6 rings (SSSR count). The number of nitrogens with two attached hydrogens (primary N) is 2. The zero-order valence-electron chi connectivity index (χ0n) is 18.4. The molecule has 6 heteroatoms. The minimum absolute atomic E-state index is 0.197. The molecule has 2 aliphatic rings. The molecule has 4 N–H and O–H groups in total. The number of benzene rings is 1. The first kappa shape index (κ1) is 19.9. The Morgan fingerprint density at radius 1 is 0.939 bits per heavy atom. The van der Waals surface area contributed by atoms with E-state index in [0.717, 1.165) is 65.2 Å². The van der Waals surface area contributed by atoms with Crippen molar-refractivity contribution < 1.29 is 0 Å². The highest BCUT2D eigenvalue weighted by molar-refractivity contribution is 5.85. The molecule has 3 aromatic heterocycles. The largest absolute Gasteiger partial charge is 0.383 e. The Labute approximate surface area is 192 Å². The fourth-order valence-corrected chi connectivity index (χ4v) is 4.74. The van der Waals surface area contributed by atoms with Gasteiger partial charge in [-0.3, -0.25) is 4.57 Å². The van der Waals surface area contributed by atoms with Crippen LogP contribution in [0.15, 0.2) is 73.0 Å². The van der Waals surface area contributed by atoms with Crippen molar-refractivity contribution in [3.8, 4) is 17.1 Å². The third-order valence-corrected chi connectivity index (χ3v) is 6.82. The predicted molar refractivity (Wildman–Crippen MR) is 133 cm³/mol. The molecule has 0 spiro atoms. The van der Waals surface area contributed by atoms with Gasteiger partial charge in [-0.1, -0.05) is 30.4 Å². The van der Waals surface area contributed by atoms with Crippen LogP contribution in [0.25, 0.3) is 33.8 Å². The highest BCUT2D eigenvalue weighted by atomic mass is 15.1. The Hall–Kier alpha value is -3.77. The fraction of sp³-hybridized carbons (Fsp3) is 0.222. The van der Waals surface area contributed by atoms with E-state index in [9.17, 15) is 0 Å². The van der Waals surface area contributed by atoms with E-state index in [4.69, 9.17) is 21.4 Å². The van der Waals surface area contributed by atoms with Crippen LogP contribution in [-0.2, 0) is 5.54 Å². The van der Waals surface area contributed by atoms with Crippen LogP contribution >= 0.6 is 0 Å². The van der Waals surface area contributed by atoms with Gasteiger partial charge >= 0.3 is 0 Å². The topological polar surface area (TPSA) is 95.6 Å². The van der Waals surface area contributed by atoms with Gasteiger partial charge in [-0.25, -0.2) is 15.0 Å². The van der Waals surface area contributed by atoms with Crippen LogP contribution in [0.5, 0.6) is 0 Å². The summed E-state index contributed by atoms with van der Waals surface area (Å²) in [6.07, 6.45) is 13.6. The third-order valence-electron chi connectivity index (χ3n) is 6.82. The lowest BCUT2D eigenvalue weighted by atomic mass is 9.73. The molecular formula is C27H26N6. The molecule has 6 nitrogen and oxygen atoms in total. The molecule has 0 atom stereocenters. The number of rotatable bonds is 4. The van der Waals surface area contributed by atoms with Crippen LogP contribution in [0.2, 0.25) is 0 Å². The summed E-state index contributed by atoms with van der Waals surface area (Å²) in [6.45, 7) is 0. The van der Waals surface area contributed by atoms with E-state index < -0.39 is 0 Å². The highest BCUT2D eigenvalue weighted by Gasteiger charge is 2.34. The van der Waals surface area contributed by atoms with Crippen molar-refractivity contribution in [1.29, 1.82) is 0 Å². The number of hydrogen-bond acceptors (Lipinski definition) is 5. The van der Waals surface area contributed by atoms with Gasteiger partial charge < -0.3 is 11.5 Å². The molecule has 1 saturated carbocycles. The van der Waals surface area contributed by atoms with Crippen LogP contribution in [0.3, 0.4) is 0 Å². The summed E-state index contributed by atoms with van der Waals surface area (Å²) in [5.41, 5.74) is 19.2. The van der Waals surface area contributed by atoms with Crippen LogP contribution in [-0.4, -0.2) is 19.5 Å². The van der Waals surface area contributed by atoms with Gasteiger partial charge in [0.15, 0.2) is 11.5 Å². The molecule has 3 heterocycles. The number of imidazole rings is 1. The molecule has 1 fully saturated rings. The molecule has 164 valence electrons. The van der Waals surface area contributed by atoms with E-state index in [2.05, 4.69) is 52.0 Å². The number of nitrogens with zero attached hydrogens (tertiary/aromatic N) is 4. The first-order valence-electron chi connectivity index (χ1n) is 11.5. The third kappa shape index (κ3) is 3.34. The molecule has 0 radical (unpaired) electrons. The predicted octanol–water partition coefficient (Wildman–Crippen LogP) is 5.14. The van der Waals surface area contributed by atoms with E-state index >= 15 is 0 Å². The van der Waals surface area contributed by atoms with Crippen molar-refractivity contribution in [2.45, 2.75) is 37.6 Å². The molecule has 33 heavy (non-hydrogen) atoms. The van der Waals surface area contributed by atoms with Gasteiger partial charge in [-0.15, -0.1) is 0 Å². The highest BCUT2D eigenvalue weighted by Crippen LogP contribution is 2.39. The summed E-state index contributed by atoms with van der Waals surface area (Å²) in [5.74, 6) is 1.17. The summed E-state index contributed by atoms with van der Waals surface area (Å²) in [4.78, 5) is 14.3. The first-order chi connectivity index (χ1) is 16.1. The lowest BCUT2D eigenvalue weighted by Gasteiger charge is -2.38. The number of pyridine rings is 2. The maximum absolute atomic E-state index is 6.56. The van der Waals surface area contributed by atoms with E-state index in [1.54, 1.807) is 6.20 Å². The van der Waals surface area contributed by atoms with Crippen molar-refractivity contribution >= 4 is 22.6 Å². The normalized spacial score (nSPS) is 17.1. The number of anilines is 1. The van der Waals surface area contributed by atoms with Crippen molar-refractivity contribution in [2.75, 3.05) is 5.73 Å². The van der Waals surface area contributed by atoms with Crippen molar-refractivity contribution in [3.63, 3.8) is 0 Å². The fourth-order valence-electron chi connectivity index (χ4n) is 4.74. The van der Waals surface area contributed by atoms with E-state index in [-0.39, 0.29) is 5.54 Å². The van der Waals surface area contributed by atoms with Gasteiger partial charge in [-0.2, -0.15) is 0 Å². The molecule has 0 unspecified atom stereocenters. The van der Waals surface area contributed by atoms with Crippen LogP contribution < -0.4 is 11.5 Å². The number of nitrogen functional groups attached to an aromatic ring is 1. The van der Waals surface area contributed by atoms with E-state index in [1.165, 1.54) is 12.0 Å². The van der Waals surface area contributed by atoms with Crippen LogP contribution in [0.4, 0.5) is 5.82 Å². The van der Waals surface area contributed by atoms with Gasteiger partial charge in [0.1, 0.15) is 11.3 Å². The number of fused-ring (bicyclic) bond motifs is 1. The second-order valence-corrected chi connectivity index (χ2v) is 8.94. The molecule has 0 amide bonds. The number of aromatic nitrogens is 4. The molecule has 1 aromatic carbocycles. The van der Waals surface area contributed by atoms with Gasteiger partial charge in [-0.05, 0) is 79.6 Å². The molecule has 2 aliphatic carbocycles. The summed E-state index contributed by atoms with van der Waals surface area (Å²) in [6, 6.07) is 16.4.